The number of anilines is 3. The molecule has 1 fully saturated rings. The van der Waals surface area contributed by atoms with Crippen molar-refractivity contribution in [1.82, 2.24) is 5.43 Å². The van der Waals surface area contributed by atoms with Crippen LogP contribution in [0.15, 0.2) is 102 Å². The molecule has 5 rings (SSSR count). The molecule has 0 saturated carbocycles. The van der Waals surface area contributed by atoms with Crippen LogP contribution in [-0.4, -0.2) is 22.7 Å². The molecule has 2 aliphatic rings. The van der Waals surface area contributed by atoms with E-state index in [4.69, 9.17) is 17.0 Å². The second-order valence-electron chi connectivity index (χ2n) is 7.85. The van der Waals surface area contributed by atoms with E-state index in [0.717, 1.165) is 18.0 Å². The van der Waals surface area contributed by atoms with Crippen molar-refractivity contribution < 1.29 is 14.3 Å². The third kappa shape index (κ3) is 4.71. The zero-order valence-electron chi connectivity index (χ0n) is 19.3. The van der Waals surface area contributed by atoms with E-state index >= 15 is 0 Å². The quantitative estimate of drug-likeness (QED) is 0.257. The molecule has 3 aromatic carbocycles. The molecule has 0 spiro atoms. The predicted molar refractivity (Wildman–Crippen MR) is 148 cm³/mol. The van der Waals surface area contributed by atoms with Gasteiger partial charge in [0.15, 0.2) is 10.1 Å². The molecule has 2 amide bonds. The van der Waals surface area contributed by atoms with Gasteiger partial charge in [-0.3, -0.25) is 25.3 Å². The number of carbonyl (C=O) groups excluding carboxylic acids is 2. The number of hydrogen-bond acceptors (Lipinski definition) is 7. The van der Waals surface area contributed by atoms with Crippen LogP contribution >= 0.6 is 24.0 Å². The van der Waals surface area contributed by atoms with Gasteiger partial charge in [-0.15, -0.1) is 0 Å². The SMILES string of the molecule is CCN1/C(=C\C=C2\SC(=S)N(c3ccc(NNC(=O)c4ccccc4)cc3)C2=O)Oc2ccccc21. The molecule has 0 bridgehead atoms. The molecular formula is C27H22N4O3S2. The maximum absolute atomic E-state index is 13.1. The van der Waals surface area contributed by atoms with Gasteiger partial charge in [0.1, 0.15) is 0 Å². The Hall–Kier alpha value is -4.08. The fourth-order valence-corrected chi connectivity index (χ4v) is 5.08. The van der Waals surface area contributed by atoms with E-state index in [1.165, 1.54) is 16.7 Å². The molecule has 0 aromatic heterocycles. The highest BCUT2D eigenvalue weighted by Crippen LogP contribution is 2.39. The van der Waals surface area contributed by atoms with Gasteiger partial charge in [-0.05, 0) is 61.5 Å². The molecule has 36 heavy (non-hydrogen) atoms. The maximum atomic E-state index is 13.1. The Balaban J connectivity index is 1.26. The molecule has 3 aromatic rings. The topological polar surface area (TPSA) is 73.9 Å². The molecule has 2 heterocycles. The molecule has 9 heteroatoms. The molecule has 7 nitrogen and oxygen atoms in total. The first kappa shape index (κ1) is 23.7. The van der Waals surface area contributed by atoms with E-state index in [9.17, 15) is 9.59 Å². The van der Waals surface area contributed by atoms with E-state index in [1.807, 2.05) is 37.3 Å². The number of para-hydroxylation sites is 2. The highest BCUT2D eigenvalue weighted by atomic mass is 32.2. The number of rotatable bonds is 6. The highest BCUT2D eigenvalue weighted by Gasteiger charge is 2.33. The normalized spacial score (nSPS) is 16.9. The van der Waals surface area contributed by atoms with Crippen LogP contribution in [0.3, 0.4) is 0 Å². The van der Waals surface area contributed by atoms with E-state index in [2.05, 4.69) is 15.8 Å². The third-order valence-electron chi connectivity index (χ3n) is 5.61. The van der Waals surface area contributed by atoms with Crippen LogP contribution < -0.4 is 25.4 Å². The van der Waals surface area contributed by atoms with Crippen molar-refractivity contribution >= 4 is 57.2 Å². The summed E-state index contributed by atoms with van der Waals surface area (Å²) >= 11 is 6.74. The summed E-state index contributed by atoms with van der Waals surface area (Å²) in [4.78, 5) is 29.4. The highest BCUT2D eigenvalue weighted by molar-refractivity contribution is 8.27. The van der Waals surface area contributed by atoms with Crippen LogP contribution in [0.2, 0.25) is 0 Å². The number of thioether (sulfide) groups is 1. The second kappa shape index (κ2) is 10.3. The minimum atomic E-state index is -0.244. The van der Waals surface area contributed by atoms with Gasteiger partial charge in [0.2, 0.25) is 5.88 Å². The summed E-state index contributed by atoms with van der Waals surface area (Å²) in [6.07, 6.45) is 3.55. The van der Waals surface area contributed by atoms with Crippen molar-refractivity contribution in [2.45, 2.75) is 6.92 Å². The van der Waals surface area contributed by atoms with Gasteiger partial charge in [-0.1, -0.05) is 54.3 Å². The summed E-state index contributed by atoms with van der Waals surface area (Å²) in [6, 6.07) is 23.8. The minimum absolute atomic E-state index is 0.196. The van der Waals surface area contributed by atoms with E-state index in [0.29, 0.717) is 32.0 Å². The van der Waals surface area contributed by atoms with E-state index < -0.39 is 0 Å². The predicted octanol–water partition coefficient (Wildman–Crippen LogP) is 5.45. The first-order valence-electron chi connectivity index (χ1n) is 11.3. The smallest absolute Gasteiger partial charge is 0.270 e. The van der Waals surface area contributed by atoms with Gasteiger partial charge < -0.3 is 9.64 Å². The Morgan fingerprint density at radius 3 is 2.47 bits per heavy atom. The average Bonchev–Trinajstić information content (AvgIpc) is 3.42. The summed E-state index contributed by atoms with van der Waals surface area (Å²) in [5.74, 6) is 1.02. The van der Waals surface area contributed by atoms with Crippen molar-refractivity contribution in [3.63, 3.8) is 0 Å². The van der Waals surface area contributed by atoms with Crippen LogP contribution in [0.5, 0.6) is 5.75 Å². The number of fused-ring (bicyclic) bond motifs is 1. The zero-order valence-corrected chi connectivity index (χ0v) is 20.9. The molecule has 1 saturated heterocycles. The van der Waals surface area contributed by atoms with Crippen molar-refractivity contribution in [1.29, 1.82) is 0 Å². The van der Waals surface area contributed by atoms with Gasteiger partial charge in [0.25, 0.3) is 11.8 Å². The largest absolute Gasteiger partial charge is 0.439 e. The standard InChI is InChI=1S/C27H22N4O3S2/c1-2-30-21-10-6-7-11-22(21)34-24(30)17-16-23-26(33)31(27(35)36-23)20-14-12-19(13-15-20)28-29-25(32)18-8-4-3-5-9-18/h3-17,28H,2H2,1H3,(H,29,32)/b23-16+,24-17+. The van der Waals surface area contributed by atoms with Crippen molar-refractivity contribution in [2.75, 3.05) is 21.8 Å². The maximum Gasteiger partial charge on any atom is 0.270 e. The number of nitrogens with zero attached hydrogens (tertiary/aromatic N) is 2. The Labute approximate surface area is 218 Å². The van der Waals surface area contributed by atoms with Gasteiger partial charge in [0, 0.05) is 18.2 Å². The van der Waals surface area contributed by atoms with Crippen LogP contribution in [0.1, 0.15) is 17.3 Å². The lowest BCUT2D eigenvalue weighted by Gasteiger charge is -2.16. The number of hydrogen-bond donors (Lipinski definition) is 2. The van der Waals surface area contributed by atoms with Gasteiger partial charge >= 0.3 is 0 Å². The fraction of sp³-hybridized carbons (Fsp3) is 0.0741. The van der Waals surface area contributed by atoms with Crippen LogP contribution in [-0.2, 0) is 4.79 Å². The fourth-order valence-electron chi connectivity index (χ4n) is 3.84. The monoisotopic (exact) mass is 514 g/mol. The summed E-state index contributed by atoms with van der Waals surface area (Å²) in [5, 5.41) is 0. The molecule has 0 aliphatic carbocycles. The molecule has 180 valence electrons. The number of carbonyl (C=O) groups is 2. The molecule has 0 unspecified atom stereocenters. The Morgan fingerprint density at radius 2 is 1.72 bits per heavy atom. The number of allylic oxidation sites excluding steroid dienone is 2. The van der Waals surface area contributed by atoms with Crippen molar-refractivity contribution in [3.8, 4) is 5.75 Å². The third-order valence-corrected chi connectivity index (χ3v) is 6.93. The number of thiocarbonyl (C=S) groups is 1. The lowest BCUT2D eigenvalue weighted by molar-refractivity contribution is -0.113. The van der Waals surface area contributed by atoms with Gasteiger partial charge in [-0.25, -0.2) is 0 Å². The molecule has 0 atom stereocenters. The lowest BCUT2D eigenvalue weighted by atomic mass is 10.2. The number of benzene rings is 3. The summed E-state index contributed by atoms with van der Waals surface area (Å²) in [7, 11) is 0. The molecule has 0 radical (unpaired) electrons. The minimum Gasteiger partial charge on any atom is -0.439 e. The van der Waals surface area contributed by atoms with E-state index in [1.54, 1.807) is 60.7 Å². The molecule has 2 aliphatic heterocycles. The Bertz CT molecular complexity index is 1390. The van der Waals surface area contributed by atoms with Gasteiger partial charge in [0.05, 0.1) is 22.0 Å². The average molecular weight is 515 g/mol. The molecule has 2 N–H and O–H groups in total. The van der Waals surface area contributed by atoms with E-state index in [-0.39, 0.29) is 11.8 Å². The number of amides is 2. The summed E-state index contributed by atoms with van der Waals surface area (Å²) in [5.41, 5.74) is 8.41. The summed E-state index contributed by atoms with van der Waals surface area (Å²) < 4.78 is 6.41. The van der Waals surface area contributed by atoms with Crippen molar-refractivity contribution in [3.05, 3.63) is 107 Å². The zero-order chi connectivity index (χ0) is 25.1. The Kier molecular flexibility index (Phi) is 6.75. The number of nitrogens with one attached hydrogen (secondary N) is 2. The van der Waals surface area contributed by atoms with Gasteiger partial charge in [-0.2, -0.15) is 0 Å². The number of hydrazine groups is 1. The van der Waals surface area contributed by atoms with Crippen molar-refractivity contribution in [2.24, 2.45) is 0 Å². The van der Waals surface area contributed by atoms with Crippen LogP contribution in [0.4, 0.5) is 17.1 Å². The number of ether oxygens (including phenoxy) is 1. The Morgan fingerprint density at radius 1 is 1.00 bits per heavy atom. The first-order valence-corrected chi connectivity index (χ1v) is 12.5. The van der Waals surface area contributed by atoms with Crippen LogP contribution in [0.25, 0.3) is 0 Å². The first-order chi connectivity index (χ1) is 17.5. The summed E-state index contributed by atoms with van der Waals surface area (Å²) in [6.45, 7) is 2.79. The molecular weight excluding hydrogens is 492 g/mol. The second-order valence-corrected chi connectivity index (χ2v) is 9.53. The lowest BCUT2D eigenvalue weighted by Crippen LogP contribution is -2.29. The van der Waals surface area contributed by atoms with Crippen LogP contribution in [0, 0.1) is 0 Å².